The van der Waals surface area contributed by atoms with Gasteiger partial charge in [-0.15, -0.1) is 0 Å². The molecule has 0 atom stereocenters. The number of rotatable bonds is 4. The maximum absolute atomic E-state index is 13.1. The molecule has 0 aliphatic heterocycles. The minimum Gasteiger partial charge on any atom is -0.508 e. The van der Waals surface area contributed by atoms with E-state index in [-0.39, 0.29) is 12.3 Å². The standard InChI is InChI=1S/C13H12ClFN2O2/c1-19-13-6-9(14)5-12(17-13)16-7-8-4-10(15)2-3-11(8)18/h2-6,18H,7H2,1H3,(H,16,17). The number of nitrogens with one attached hydrogen (secondary N) is 1. The van der Waals surface area contributed by atoms with Crippen molar-refractivity contribution < 1.29 is 14.2 Å². The Morgan fingerprint density at radius 3 is 2.89 bits per heavy atom. The van der Waals surface area contributed by atoms with Crippen molar-refractivity contribution in [3.63, 3.8) is 0 Å². The van der Waals surface area contributed by atoms with E-state index in [1.165, 1.54) is 25.3 Å². The van der Waals surface area contributed by atoms with Crippen molar-refractivity contribution in [1.29, 1.82) is 0 Å². The summed E-state index contributed by atoms with van der Waals surface area (Å²) in [6.45, 7) is 0.222. The summed E-state index contributed by atoms with van der Waals surface area (Å²) in [6.07, 6.45) is 0. The number of nitrogens with zero attached hydrogens (tertiary/aromatic N) is 1. The first-order valence-corrected chi connectivity index (χ1v) is 5.89. The number of hydrogen-bond donors (Lipinski definition) is 2. The zero-order valence-corrected chi connectivity index (χ0v) is 10.9. The van der Waals surface area contributed by atoms with Crippen molar-refractivity contribution in [1.82, 2.24) is 4.98 Å². The van der Waals surface area contributed by atoms with E-state index in [0.29, 0.717) is 22.3 Å². The van der Waals surface area contributed by atoms with Crippen molar-refractivity contribution >= 4 is 17.4 Å². The largest absolute Gasteiger partial charge is 0.508 e. The minimum atomic E-state index is -0.411. The van der Waals surface area contributed by atoms with Crippen molar-refractivity contribution in [2.75, 3.05) is 12.4 Å². The highest BCUT2D eigenvalue weighted by atomic mass is 35.5. The summed E-state index contributed by atoms with van der Waals surface area (Å²) < 4.78 is 18.0. The smallest absolute Gasteiger partial charge is 0.216 e. The first-order chi connectivity index (χ1) is 9.08. The monoisotopic (exact) mass is 282 g/mol. The van der Waals surface area contributed by atoms with E-state index in [1.807, 2.05) is 0 Å². The van der Waals surface area contributed by atoms with Gasteiger partial charge in [0.2, 0.25) is 5.88 Å². The number of phenols is 1. The maximum Gasteiger partial charge on any atom is 0.216 e. The van der Waals surface area contributed by atoms with Crippen LogP contribution in [0.3, 0.4) is 0 Å². The van der Waals surface area contributed by atoms with Crippen LogP contribution in [0.4, 0.5) is 10.2 Å². The molecule has 0 unspecified atom stereocenters. The normalized spacial score (nSPS) is 10.3. The Morgan fingerprint density at radius 2 is 2.16 bits per heavy atom. The lowest BCUT2D eigenvalue weighted by molar-refractivity contribution is 0.398. The summed E-state index contributed by atoms with van der Waals surface area (Å²) >= 11 is 5.90. The Bertz CT molecular complexity index is 593. The van der Waals surface area contributed by atoms with Gasteiger partial charge < -0.3 is 15.2 Å². The number of aromatic nitrogens is 1. The molecule has 1 aromatic carbocycles. The van der Waals surface area contributed by atoms with Gasteiger partial charge in [-0.2, -0.15) is 4.98 Å². The summed E-state index contributed by atoms with van der Waals surface area (Å²) in [5.41, 5.74) is 0.431. The van der Waals surface area contributed by atoms with E-state index in [2.05, 4.69) is 10.3 Å². The molecule has 0 fully saturated rings. The average Bonchev–Trinajstić information content (AvgIpc) is 2.39. The molecule has 1 heterocycles. The van der Waals surface area contributed by atoms with Crippen molar-refractivity contribution in [2.24, 2.45) is 0 Å². The molecule has 0 bridgehead atoms. The van der Waals surface area contributed by atoms with Crippen molar-refractivity contribution in [3.05, 3.63) is 46.7 Å². The zero-order chi connectivity index (χ0) is 13.8. The number of ether oxygens (including phenoxy) is 1. The van der Waals surface area contributed by atoms with Gasteiger partial charge in [-0.1, -0.05) is 11.6 Å². The maximum atomic E-state index is 13.1. The van der Waals surface area contributed by atoms with Crippen LogP contribution in [0.15, 0.2) is 30.3 Å². The van der Waals surface area contributed by atoms with E-state index in [0.717, 1.165) is 0 Å². The molecule has 1 aromatic heterocycles. The number of pyridine rings is 1. The number of methoxy groups -OCH3 is 1. The van der Waals surface area contributed by atoms with Gasteiger partial charge in [0.1, 0.15) is 17.4 Å². The van der Waals surface area contributed by atoms with Gasteiger partial charge >= 0.3 is 0 Å². The third-order valence-electron chi connectivity index (χ3n) is 2.48. The van der Waals surface area contributed by atoms with Crippen LogP contribution >= 0.6 is 11.6 Å². The molecule has 0 amide bonds. The summed E-state index contributed by atoms with van der Waals surface area (Å²) in [4.78, 5) is 4.13. The minimum absolute atomic E-state index is 0.0166. The van der Waals surface area contributed by atoms with Gasteiger partial charge in [-0.3, -0.25) is 0 Å². The van der Waals surface area contributed by atoms with Crippen molar-refractivity contribution in [3.8, 4) is 11.6 Å². The molecular formula is C13H12ClFN2O2. The second-order valence-electron chi connectivity index (χ2n) is 3.84. The predicted octanol–water partition coefficient (Wildman–Crippen LogP) is 3.20. The van der Waals surface area contributed by atoms with Gasteiger partial charge in [-0.25, -0.2) is 4.39 Å². The molecule has 2 N–H and O–H groups in total. The van der Waals surface area contributed by atoms with Gasteiger partial charge in [0.15, 0.2) is 0 Å². The summed E-state index contributed by atoms with van der Waals surface area (Å²) in [7, 11) is 1.49. The Morgan fingerprint density at radius 1 is 1.37 bits per heavy atom. The molecular weight excluding hydrogens is 271 g/mol. The molecule has 0 saturated heterocycles. The van der Waals surface area contributed by atoms with Gasteiger partial charge in [0.05, 0.1) is 7.11 Å². The highest BCUT2D eigenvalue weighted by molar-refractivity contribution is 6.30. The fraction of sp³-hybridized carbons (Fsp3) is 0.154. The fourth-order valence-corrected chi connectivity index (χ4v) is 1.75. The Labute approximate surface area is 114 Å². The first-order valence-electron chi connectivity index (χ1n) is 5.51. The van der Waals surface area contributed by atoms with Crippen LogP contribution in [0, 0.1) is 5.82 Å². The zero-order valence-electron chi connectivity index (χ0n) is 10.2. The number of hydrogen-bond acceptors (Lipinski definition) is 4. The molecule has 0 spiro atoms. The summed E-state index contributed by atoms with van der Waals surface area (Å²) in [6, 6.07) is 6.94. The molecule has 0 saturated carbocycles. The highest BCUT2D eigenvalue weighted by Crippen LogP contribution is 2.22. The first kappa shape index (κ1) is 13.4. The second-order valence-corrected chi connectivity index (χ2v) is 4.28. The second kappa shape index (κ2) is 5.75. The molecule has 19 heavy (non-hydrogen) atoms. The lowest BCUT2D eigenvalue weighted by atomic mass is 10.2. The van der Waals surface area contributed by atoms with Crippen LogP contribution in [-0.4, -0.2) is 17.2 Å². The quantitative estimate of drug-likeness (QED) is 0.904. The van der Waals surface area contributed by atoms with Crippen LogP contribution < -0.4 is 10.1 Å². The molecule has 4 nitrogen and oxygen atoms in total. The summed E-state index contributed by atoms with van der Waals surface area (Å²) in [5.74, 6) is 0.459. The number of benzene rings is 1. The third kappa shape index (κ3) is 3.48. The molecule has 6 heteroatoms. The fourth-order valence-electron chi connectivity index (χ4n) is 1.55. The van der Waals surface area contributed by atoms with Crippen LogP contribution in [0.25, 0.3) is 0 Å². The van der Waals surface area contributed by atoms with Gasteiger partial charge in [-0.05, 0) is 24.3 Å². The molecule has 0 aliphatic carbocycles. The third-order valence-corrected chi connectivity index (χ3v) is 2.70. The summed E-state index contributed by atoms with van der Waals surface area (Å²) in [5, 5.41) is 13.0. The molecule has 2 rings (SSSR count). The number of halogens is 2. The van der Waals surface area contributed by atoms with E-state index in [1.54, 1.807) is 12.1 Å². The lowest BCUT2D eigenvalue weighted by Crippen LogP contribution is -2.03. The highest BCUT2D eigenvalue weighted by Gasteiger charge is 2.05. The van der Waals surface area contributed by atoms with Crippen LogP contribution in [0.5, 0.6) is 11.6 Å². The van der Waals surface area contributed by atoms with Gasteiger partial charge in [0, 0.05) is 23.2 Å². The molecule has 100 valence electrons. The Balaban J connectivity index is 2.14. The Kier molecular flexibility index (Phi) is 4.06. The van der Waals surface area contributed by atoms with E-state index >= 15 is 0 Å². The van der Waals surface area contributed by atoms with Crippen LogP contribution in [-0.2, 0) is 6.54 Å². The molecule has 0 aliphatic rings. The Hall–Kier alpha value is -2.01. The number of aromatic hydroxyl groups is 1. The van der Waals surface area contributed by atoms with Gasteiger partial charge in [0.25, 0.3) is 0 Å². The number of phenolic OH excluding ortho intramolecular Hbond substituents is 1. The van der Waals surface area contributed by atoms with Crippen LogP contribution in [0.1, 0.15) is 5.56 Å². The topological polar surface area (TPSA) is 54.4 Å². The van der Waals surface area contributed by atoms with Crippen molar-refractivity contribution in [2.45, 2.75) is 6.54 Å². The molecule has 2 aromatic rings. The van der Waals surface area contributed by atoms with Crippen LogP contribution in [0.2, 0.25) is 5.02 Å². The SMILES string of the molecule is COc1cc(Cl)cc(NCc2cc(F)ccc2O)n1. The molecule has 0 radical (unpaired) electrons. The average molecular weight is 283 g/mol. The number of anilines is 1. The van der Waals surface area contributed by atoms with E-state index in [4.69, 9.17) is 16.3 Å². The lowest BCUT2D eigenvalue weighted by Gasteiger charge is -2.09. The predicted molar refractivity (Wildman–Crippen MR) is 71.2 cm³/mol. The van der Waals surface area contributed by atoms with E-state index in [9.17, 15) is 9.50 Å². The van der Waals surface area contributed by atoms with E-state index < -0.39 is 5.82 Å².